The molecule has 112 valence electrons. The molecule has 1 aliphatic carbocycles. The number of hydrogen-bond acceptors (Lipinski definition) is 2. The summed E-state index contributed by atoms with van der Waals surface area (Å²) >= 11 is 0. The maximum absolute atomic E-state index is 6.17. The van der Waals surface area contributed by atoms with Crippen LogP contribution in [-0.2, 0) is 0 Å². The van der Waals surface area contributed by atoms with Gasteiger partial charge in [-0.2, -0.15) is 0 Å². The summed E-state index contributed by atoms with van der Waals surface area (Å²) in [7, 11) is 0. The number of hydrogen-bond donors (Lipinski definition) is 1. The first-order chi connectivity index (χ1) is 9.17. The van der Waals surface area contributed by atoms with Crippen LogP contribution in [0.2, 0.25) is 0 Å². The van der Waals surface area contributed by atoms with Gasteiger partial charge in [0.05, 0.1) is 0 Å². The van der Waals surface area contributed by atoms with Gasteiger partial charge < -0.3 is 10.6 Å². The molecule has 1 heterocycles. The maximum atomic E-state index is 6.17. The van der Waals surface area contributed by atoms with Crippen LogP contribution in [-0.4, -0.2) is 31.1 Å². The Morgan fingerprint density at radius 2 is 1.84 bits per heavy atom. The molecule has 0 amide bonds. The van der Waals surface area contributed by atoms with Crippen molar-refractivity contribution in [2.45, 2.75) is 65.2 Å². The van der Waals surface area contributed by atoms with Crippen LogP contribution in [0.5, 0.6) is 0 Å². The Hall–Kier alpha value is -0.0800. The first-order valence-electron chi connectivity index (χ1n) is 8.60. The van der Waals surface area contributed by atoms with Crippen LogP contribution in [0.15, 0.2) is 0 Å². The van der Waals surface area contributed by atoms with Crippen LogP contribution >= 0.6 is 0 Å². The molecular weight excluding hydrogens is 232 g/mol. The minimum Gasteiger partial charge on any atom is -0.330 e. The summed E-state index contributed by atoms with van der Waals surface area (Å²) in [5.41, 5.74) is 6.61. The monoisotopic (exact) mass is 266 g/mol. The van der Waals surface area contributed by atoms with Crippen molar-refractivity contribution < 1.29 is 0 Å². The fourth-order valence-corrected chi connectivity index (χ4v) is 4.07. The Bertz CT molecular complexity index is 256. The van der Waals surface area contributed by atoms with Gasteiger partial charge in [-0.15, -0.1) is 0 Å². The zero-order valence-corrected chi connectivity index (χ0v) is 13.2. The lowest BCUT2D eigenvalue weighted by molar-refractivity contribution is 0.0959. The summed E-state index contributed by atoms with van der Waals surface area (Å²) in [5.74, 6) is 1.90. The summed E-state index contributed by atoms with van der Waals surface area (Å²) in [4.78, 5) is 2.73. The van der Waals surface area contributed by atoms with Crippen molar-refractivity contribution in [2.75, 3.05) is 26.2 Å². The molecule has 1 aliphatic heterocycles. The Morgan fingerprint density at radius 3 is 2.47 bits per heavy atom. The molecule has 1 saturated carbocycles. The van der Waals surface area contributed by atoms with Crippen LogP contribution in [0.1, 0.15) is 65.2 Å². The molecule has 1 saturated heterocycles. The molecule has 1 unspecified atom stereocenters. The van der Waals surface area contributed by atoms with Crippen molar-refractivity contribution >= 4 is 0 Å². The standard InChI is InChI=1S/C17H34N2/c1-3-16-5-4-11-19(12-8-16)14-17(13-18)9-6-15(2)7-10-17/h15-16H,3-14,18H2,1-2H3. The molecule has 2 fully saturated rings. The van der Waals surface area contributed by atoms with E-state index in [1.807, 2.05) is 0 Å². The lowest BCUT2D eigenvalue weighted by atomic mass is 9.70. The van der Waals surface area contributed by atoms with E-state index in [4.69, 9.17) is 5.73 Å². The average Bonchev–Trinajstić information content (AvgIpc) is 2.67. The van der Waals surface area contributed by atoms with Gasteiger partial charge in [-0.3, -0.25) is 0 Å². The molecule has 19 heavy (non-hydrogen) atoms. The van der Waals surface area contributed by atoms with Crippen LogP contribution in [0.4, 0.5) is 0 Å². The first kappa shape index (κ1) is 15.3. The first-order valence-corrected chi connectivity index (χ1v) is 8.60. The highest BCUT2D eigenvalue weighted by Crippen LogP contribution is 2.39. The van der Waals surface area contributed by atoms with Gasteiger partial charge in [0.2, 0.25) is 0 Å². The Balaban J connectivity index is 1.87. The number of rotatable bonds is 4. The largest absolute Gasteiger partial charge is 0.330 e. The van der Waals surface area contributed by atoms with E-state index < -0.39 is 0 Å². The molecule has 2 N–H and O–H groups in total. The predicted octanol–water partition coefficient (Wildman–Crippen LogP) is 3.65. The van der Waals surface area contributed by atoms with Gasteiger partial charge in [0.1, 0.15) is 0 Å². The molecule has 0 radical (unpaired) electrons. The summed E-state index contributed by atoms with van der Waals surface area (Å²) in [6.45, 7) is 9.55. The van der Waals surface area contributed by atoms with Gasteiger partial charge >= 0.3 is 0 Å². The highest BCUT2D eigenvalue weighted by Gasteiger charge is 2.34. The molecule has 0 aromatic rings. The summed E-state index contributed by atoms with van der Waals surface area (Å²) in [6, 6.07) is 0. The van der Waals surface area contributed by atoms with Gasteiger partial charge in [0, 0.05) is 6.54 Å². The second kappa shape index (κ2) is 7.08. The maximum Gasteiger partial charge on any atom is 0.00501 e. The summed E-state index contributed by atoms with van der Waals surface area (Å²) < 4.78 is 0. The lowest BCUT2D eigenvalue weighted by Crippen LogP contribution is -2.45. The van der Waals surface area contributed by atoms with Gasteiger partial charge in [0.25, 0.3) is 0 Å². The van der Waals surface area contributed by atoms with Crippen LogP contribution in [0.25, 0.3) is 0 Å². The SMILES string of the molecule is CCC1CCCN(CC2(CN)CCC(C)CC2)CC1. The van der Waals surface area contributed by atoms with Crippen LogP contribution in [0, 0.1) is 17.3 Å². The zero-order chi connectivity index (χ0) is 13.7. The van der Waals surface area contributed by atoms with E-state index in [0.29, 0.717) is 5.41 Å². The van der Waals surface area contributed by atoms with Gasteiger partial charge in [-0.25, -0.2) is 0 Å². The second-order valence-electron chi connectivity index (χ2n) is 7.37. The highest BCUT2D eigenvalue weighted by atomic mass is 15.1. The van der Waals surface area contributed by atoms with E-state index in [-0.39, 0.29) is 0 Å². The third-order valence-corrected chi connectivity index (χ3v) is 5.84. The minimum absolute atomic E-state index is 0.443. The molecule has 2 nitrogen and oxygen atoms in total. The topological polar surface area (TPSA) is 29.3 Å². The Labute approximate surface area is 120 Å². The molecule has 2 rings (SSSR count). The molecule has 0 aromatic carbocycles. The summed E-state index contributed by atoms with van der Waals surface area (Å²) in [6.07, 6.45) is 11.1. The van der Waals surface area contributed by atoms with E-state index in [1.54, 1.807) is 0 Å². The Morgan fingerprint density at radius 1 is 1.11 bits per heavy atom. The fourth-order valence-electron chi connectivity index (χ4n) is 4.07. The average molecular weight is 266 g/mol. The van der Waals surface area contributed by atoms with Crippen molar-refractivity contribution in [3.63, 3.8) is 0 Å². The molecule has 0 spiro atoms. The van der Waals surface area contributed by atoms with E-state index >= 15 is 0 Å². The third-order valence-electron chi connectivity index (χ3n) is 5.84. The van der Waals surface area contributed by atoms with Crippen molar-refractivity contribution in [1.82, 2.24) is 4.90 Å². The normalized spacial score (nSPS) is 38.1. The van der Waals surface area contributed by atoms with Crippen molar-refractivity contribution in [3.05, 3.63) is 0 Å². The lowest BCUT2D eigenvalue weighted by Gasteiger charge is -2.42. The van der Waals surface area contributed by atoms with Crippen molar-refractivity contribution in [3.8, 4) is 0 Å². The van der Waals surface area contributed by atoms with E-state index in [1.165, 1.54) is 71.0 Å². The van der Waals surface area contributed by atoms with E-state index in [9.17, 15) is 0 Å². The number of nitrogens with two attached hydrogens (primary N) is 1. The van der Waals surface area contributed by atoms with Crippen molar-refractivity contribution in [1.29, 1.82) is 0 Å². The van der Waals surface area contributed by atoms with Crippen LogP contribution in [0.3, 0.4) is 0 Å². The number of nitrogens with zero attached hydrogens (tertiary/aromatic N) is 1. The molecule has 1 atom stereocenters. The van der Waals surface area contributed by atoms with Gasteiger partial charge in [-0.05, 0) is 69.0 Å². The number of likely N-dealkylation sites (tertiary alicyclic amines) is 1. The zero-order valence-electron chi connectivity index (χ0n) is 13.2. The molecule has 2 aliphatic rings. The molecule has 0 aromatic heterocycles. The third kappa shape index (κ3) is 4.19. The molecular formula is C17H34N2. The summed E-state index contributed by atoms with van der Waals surface area (Å²) in [5, 5.41) is 0. The van der Waals surface area contributed by atoms with Crippen molar-refractivity contribution in [2.24, 2.45) is 23.0 Å². The Kier molecular flexibility index (Phi) is 5.70. The highest BCUT2D eigenvalue weighted by molar-refractivity contribution is 4.89. The molecule has 2 heteroatoms. The van der Waals surface area contributed by atoms with Gasteiger partial charge in [0.15, 0.2) is 0 Å². The molecule has 0 bridgehead atoms. The van der Waals surface area contributed by atoms with Gasteiger partial charge in [-0.1, -0.05) is 33.1 Å². The van der Waals surface area contributed by atoms with E-state index in [0.717, 1.165) is 18.4 Å². The van der Waals surface area contributed by atoms with E-state index in [2.05, 4.69) is 18.7 Å². The minimum atomic E-state index is 0.443. The fraction of sp³-hybridized carbons (Fsp3) is 1.00. The van der Waals surface area contributed by atoms with Crippen LogP contribution < -0.4 is 5.73 Å². The second-order valence-corrected chi connectivity index (χ2v) is 7.37. The predicted molar refractivity (Wildman–Crippen MR) is 83.2 cm³/mol. The smallest absolute Gasteiger partial charge is 0.00501 e. The quantitative estimate of drug-likeness (QED) is 0.841.